The van der Waals surface area contributed by atoms with E-state index in [0.29, 0.717) is 0 Å². The topological polar surface area (TPSA) is 0 Å². The Morgan fingerprint density at radius 2 is 1.06 bits per heavy atom. The van der Waals surface area contributed by atoms with E-state index < -0.39 is 0 Å². The van der Waals surface area contributed by atoms with Crippen molar-refractivity contribution in [1.29, 1.82) is 0 Å². The van der Waals surface area contributed by atoms with Gasteiger partial charge in [0.2, 0.25) is 0 Å². The second-order valence-corrected chi connectivity index (χ2v) is 4.68. The molecule has 0 nitrogen and oxygen atoms in total. The van der Waals surface area contributed by atoms with Gasteiger partial charge in [0.25, 0.3) is 0 Å². The van der Waals surface area contributed by atoms with Crippen LogP contribution in [0.4, 0.5) is 0 Å². The van der Waals surface area contributed by atoms with E-state index in [0.717, 1.165) is 0 Å². The van der Waals surface area contributed by atoms with Crippen LogP contribution < -0.4 is 0 Å². The third-order valence-electron chi connectivity index (χ3n) is 2.93. The van der Waals surface area contributed by atoms with E-state index in [1.54, 1.807) is 0 Å². The summed E-state index contributed by atoms with van der Waals surface area (Å²) in [6.45, 7) is 4.52. The minimum Gasteiger partial charge on any atom is -0.0885 e. The maximum absolute atomic E-state index is 2.47. The van der Waals surface area contributed by atoms with Gasteiger partial charge in [0.15, 0.2) is 0 Å². The smallest absolute Gasteiger partial charge is 0.0351 e. The van der Waals surface area contributed by atoms with Crippen molar-refractivity contribution in [1.82, 2.24) is 0 Å². The molecule has 0 aliphatic heterocycles. The van der Waals surface area contributed by atoms with Crippen molar-refractivity contribution in [3.63, 3.8) is 0 Å². The van der Waals surface area contributed by atoms with Gasteiger partial charge in [-0.25, -0.2) is 0 Å². The van der Waals surface area contributed by atoms with Gasteiger partial charge in [0.05, 0.1) is 0 Å². The van der Waals surface area contributed by atoms with Crippen molar-refractivity contribution in [2.24, 2.45) is 0 Å². The Morgan fingerprint density at radius 1 is 0.562 bits per heavy atom. The van der Waals surface area contributed by atoms with Gasteiger partial charge in [-0.2, -0.15) is 0 Å². The highest BCUT2D eigenvalue weighted by Crippen LogP contribution is 2.09. The molecule has 0 heterocycles. The average Bonchev–Trinajstić information content (AvgIpc) is 2.31. The van der Waals surface area contributed by atoms with Crippen LogP contribution in [0.25, 0.3) is 0 Å². The molecule has 0 fully saturated rings. The highest BCUT2D eigenvalue weighted by molar-refractivity contribution is 4.81. The first-order valence-electron chi connectivity index (χ1n) is 7.38. The summed E-state index contributed by atoms with van der Waals surface area (Å²) in [6.07, 6.45) is 22.0. The van der Waals surface area contributed by atoms with Crippen molar-refractivity contribution in [3.8, 4) is 0 Å². The quantitative estimate of drug-likeness (QED) is 0.278. The van der Waals surface area contributed by atoms with Crippen LogP contribution in [0.2, 0.25) is 0 Å². The van der Waals surface area contributed by atoms with Gasteiger partial charge in [-0.15, -0.1) is 0 Å². The van der Waals surface area contributed by atoms with Gasteiger partial charge in [-0.05, 0) is 25.7 Å². The number of rotatable bonds is 12. The number of allylic oxidation sites excluding steroid dienone is 2. The third kappa shape index (κ3) is 13.7. The highest BCUT2D eigenvalue weighted by Gasteiger charge is 1.90. The van der Waals surface area contributed by atoms with Gasteiger partial charge in [-0.3, -0.25) is 0 Å². The van der Waals surface area contributed by atoms with E-state index in [-0.39, 0.29) is 0 Å². The second kappa shape index (κ2) is 14.7. The number of hydrogen-bond donors (Lipinski definition) is 0. The van der Waals surface area contributed by atoms with Crippen LogP contribution in [-0.2, 0) is 0 Å². The SMILES string of the molecule is CCCC[CH]CCCCCC=CCCCC. The average molecular weight is 223 g/mol. The Hall–Kier alpha value is -0.260. The fourth-order valence-electron chi connectivity index (χ4n) is 1.78. The second-order valence-electron chi connectivity index (χ2n) is 4.68. The van der Waals surface area contributed by atoms with Crippen molar-refractivity contribution in [3.05, 3.63) is 18.6 Å². The molecule has 0 spiro atoms. The summed E-state index contributed by atoms with van der Waals surface area (Å²) in [7, 11) is 0. The minimum absolute atomic E-state index is 1.28. The molecular formula is C16H31. The van der Waals surface area contributed by atoms with E-state index >= 15 is 0 Å². The molecule has 0 rings (SSSR count). The fourth-order valence-corrected chi connectivity index (χ4v) is 1.78. The Labute approximate surface area is 104 Å². The van der Waals surface area contributed by atoms with Gasteiger partial charge in [-0.1, -0.05) is 77.4 Å². The molecule has 0 aromatic carbocycles. The molecule has 0 unspecified atom stereocenters. The molecule has 0 aromatic rings. The molecule has 0 saturated carbocycles. The van der Waals surface area contributed by atoms with Crippen LogP contribution in [0.3, 0.4) is 0 Å². The van der Waals surface area contributed by atoms with Crippen LogP contribution in [-0.4, -0.2) is 0 Å². The molecule has 95 valence electrons. The van der Waals surface area contributed by atoms with Gasteiger partial charge in [0, 0.05) is 0 Å². The predicted octanol–water partition coefficient (Wildman–Crippen LogP) is 6.08. The third-order valence-corrected chi connectivity index (χ3v) is 2.93. The van der Waals surface area contributed by atoms with E-state index in [1.807, 2.05) is 0 Å². The summed E-state index contributed by atoms with van der Waals surface area (Å²) < 4.78 is 0. The summed E-state index contributed by atoms with van der Waals surface area (Å²) in [4.78, 5) is 0. The van der Waals surface area contributed by atoms with Crippen molar-refractivity contribution in [2.45, 2.75) is 84.5 Å². The van der Waals surface area contributed by atoms with E-state index in [2.05, 4.69) is 32.4 Å². The van der Waals surface area contributed by atoms with Crippen LogP contribution in [0.1, 0.15) is 84.5 Å². The van der Waals surface area contributed by atoms with Crippen LogP contribution in [0.5, 0.6) is 0 Å². The first kappa shape index (κ1) is 15.7. The molecule has 0 aliphatic carbocycles. The Balaban J connectivity index is 2.95. The van der Waals surface area contributed by atoms with Crippen LogP contribution in [0, 0.1) is 6.42 Å². The van der Waals surface area contributed by atoms with Crippen LogP contribution >= 0.6 is 0 Å². The lowest BCUT2D eigenvalue weighted by Crippen LogP contribution is -1.80. The zero-order valence-electron chi connectivity index (χ0n) is 11.5. The van der Waals surface area contributed by atoms with E-state index in [9.17, 15) is 0 Å². The zero-order valence-corrected chi connectivity index (χ0v) is 11.5. The summed E-state index contributed by atoms with van der Waals surface area (Å²) in [6, 6.07) is 0. The van der Waals surface area contributed by atoms with Crippen molar-refractivity contribution in [2.75, 3.05) is 0 Å². The molecule has 0 N–H and O–H groups in total. The molecule has 1 radical (unpaired) electrons. The molecule has 0 aliphatic rings. The Kier molecular flexibility index (Phi) is 14.5. The lowest BCUT2D eigenvalue weighted by Gasteiger charge is -1.99. The molecule has 0 heteroatoms. The predicted molar refractivity (Wildman–Crippen MR) is 75.6 cm³/mol. The van der Waals surface area contributed by atoms with Gasteiger partial charge < -0.3 is 0 Å². The summed E-state index contributed by atoms with van der Waals surface area (Å²) >= 11 is 0. The highest BCUT2D eigenvalue weighted by atomic mass is 14.0. The van der Waals surface area contributed by atoms with Crippen molar-refractivity contribution >= 4 is 0 Å². The normalized spacial score (nSPS) is 11.4. The summed E-state index contributed by atoms with van der Waals surface area (Å²) in [5, 5.41) is 0. The summed E-state index contributed by atoms with van der Waals surface area (Å²) in [5.74, 6) is 0. The standard InChI is InChI=1S/C16H31/c1-3-5-7-9-11-13-15-16-14-12-10-8-6-4-2/h9-11H,3-8,12-16H2,1-2H3. The van der Waals surface area contributed by atoms with Gasteiger partial charge >= 0.3 is 0 Å². The molecule has 0 aromatic heterocycles. The number of hydrogen-bond acceptors (Lipinski definition) is 0. The maximum atomic E-state index is 2.47. The van der Waals surface area contributed by atoms with E-state index in [4.69, 9.17) is 0 Å². The minimum atomic E-state index is 1.28. The molecule has 0 saturated heterocycles. The maximum Gasteiger partial charge on any atom is -0.0351 e. The molecule has 0 bridgehead atoms. The Morgan fingerprint density at radius 3 is 1.75 bits per heavy atom. The first-order chi connectivity index (χ1) is 7.91. The van der Waals surface area contributed by atoms with E-state index in [1.165, 1.54) is 70.6 Å². The zero-order chi connectivity index (χ0) is 11.9. The monoisotopic (exact) mass is 223 g/mol. The lowest BCUT2D eigenvalue weighted by molar-refractivity contribution is 0.654. The van der Waals surface area contributed by atoms with Crippen molar-refractivity contribution < 1.29 is 0 Å². The molecule has 0 atom stereocenters. The van der Waals surface area contributed by atoms with Crippen LogP contribution in [0.15, 0.2) is 12.2 Å². The number of unbranched alkanes of at least 4 members (excludes halogenated alkanes) is 10. The molecule has 0 amide bonds. The lowest BCUT2D eigenvalue weighted by atomic mass is 10.1. The Bertz CT molecular complexity index is 135. The fraction of sp³-hybridized carbons (Fsp3) is 0.812. The first-order valence-corrected chi connectivity index (χ1v) is 7.38. The molecule has 16 heavy (non-hydrogen) atoms. The molecular weight excluding hydrogens is 192 g/mol. The largest absolute Gasteiger partial charge is 0.0885 e. The summed E-state index contributed by atoms with van der Waals surface area (Å²) in [5.41, 5.74) is 0. The van der Waals surface area contributed by atoms with Gasteiger partial charge in [0.1, 0.15) is 0 Å².